The van der Waals surface area contributed by atoms with Crippen LogP contribution in [0, 0.1) is 0 Å². The second-order valence-electron chi connectivity index (χ2n) is 5.13. The molecule has 0 bridgehead atoms. The van der Waals surface area contributed by atoms with Crippen molar-refractivity contribution < 1.29 is 5.11 Å². The lowest BCUT2D eigenvalue weighted by Crippen LogP contribution is -2.30. The van der Waals surface area contributed by atoms with Crippen molar-refractivity contribution in [2.24, 2.45) is 0 Å². The van der Waals surface area contributed by atoms with Crippen molar-refractivity contribution in [3.63, 3.8) is 0 Å². The van der Waals surface area contributed by atoms with Gasteiger partial charge in [0.1, 0.15) is 5.60 Å². The van der Waals surface area contributed by atoms with E-state index in [0.717, 1.165) is 18.4 Å². The zero-order valence-electron chi connectivity index (χ0n) is 10.6. The van der Waals surface area contributed by atoms with Gasteiger partial charge in [-0.05, 0) is 23.1 Å². The van der Waals surface area contributed by atoms with E-state index in [1.165, 1.54) is 11.1 Å². The highest BCUT2D eigenvalue weighted by Crippen LogP contribution is 2.48. The van der Waals surface area contributed by atoms with Gasteiger partial charge in [-0.1, -0.05) is 61.5 Å². The van der Waals surface area contributed by atoms with E-state index in [1.54, 1.807) is 0 Å². The van der Waals surface area contributed by atoms with Gasteiger partial charge in [-0.15, -0.1) is 0 Å². The lowest BCUT2D eigenvalue weighted by molar-refractivity contribution is 0.0181. The minimum absolute atomic E-state index is 0.205. The molecule has 0 radical (unpaired) electrons. The third-order valence-corrected chi connectivity index (χ3v) is 4.15. The van der Waals surface area contributed by atoms with Crippen LogP contribution < -0.4 is 0 Å². The summed E-state index contributed by atoms with van der Waals surface area (Å²) >= 11 is 0. The number of rotatable bonds is 2. The average molecular weight is 238 g/mol. The molecule has 0 unspecified atom stereocenters. The van der Waals surface area contributed by atoms with E-state index < -0.39 is 5.60 Å². The molecule has 1 heteroatoms. The predicted octanol–water partition coefficient (Wildman–Crippen LogP) is 3.62. The topological polar surface area (TPSA) is 20.2 Å². The van der Waals surface area contributed by atoms with Gasteiger partial charge in [-0.25, -0.2) is 0 Å². The molecular weight excluding hydrogens is 220 g/mol. The average Bonchev–Trinajstić information content (AvgIpc) is 2.72. The maximum absolute atomic E-state index is 11.1. The zero-order valence-corrected chi connectivity index (χ0v) is 10.6. The van der Waals surface area contributed by atoms with Gasteiger partial charge in [-0.2, -0.15) is 0 Å². The fourth-order valence-corrected chi connectivity index (χ4v) is 3.29. The summed E-state index contributed by atoms with van der Waals surface area (Å²) in [5.41, 5.74) is 2.90. The number of aliphatic hydroxyl groups is 1. The van der Waals surface area contributed by atoms with Crippen molar-refractivity contribution in [1.82, 2.24) is 0 Å². The Morgan fingerprint density at radius 2 is 1.72 bits per heavy atom. The summed E-state index contributed by atoms with van der Waals surface area (Å²) in [6.45, 7) is 2.15. The van der Waals surface area contributed by atoms with Gasteiger partial charge >= 0.3 is 0 Å². The molecule has 3 rings (SSSR count). The van der Waals surface area contributed by atoms with E-state index in [9.17, 15) is 5.11 Å². The van der Waals surface area contributed by atoms with Crippen molar-refractivity contribution >= 4 is 0 Å². The monoisotopic (exact) mass is 238 g/mol. The van der Waals surface area contributed by atoms with Crippen molar-refractivity contribution in [2.45, 2.75) is 31.3 Å². The van der Waals surface area contributed by atoms with Crippen LogP contribution in [0.4, 0.5) is 0 Å². The third-order valence-electron chi connectivity index (χ3n) is 4.15. The fourth-order valence-electron chi connectivity index (χ4n) is 3.29. The predicted molar refractivity (Wildman–Crippen MR) is 73.5 cm³/mol. The van der Waals surface area contributed by atoms with Crippen LogP contribution in [0.5, 0.6) is 0 Å². The Balaban J connectivity index is 2.10. The van der Waals surface area contributed by atoms with Crippen LogP contribution in [-0.4, -0.2) is 5.11 Å². The van der Waals surface area contributed by atoms with E-state index in [0.29, 0.717) is 0 Å². The number of hydrogen-bond donors (Lipinski definition) is 1. The second kappa shape index (κ2) is 4.25. The Morgan fingerprint density at radius 1 is 1.06 bits per heavy atom. The summed E-state index contributed by atoms with van der Waals surface area (Å²) in [7, 11) is 0. The summed E-state index contributed by atoms with van der Waals surface area (Å²) in [5.74, 6) is 0.205. The van der Waals surface area contributed by atoms with Crippen LogP contribution in [0.15, 0.2) is 54.6 Å². The fraction of sp³-hybridized carbons (Fsp3) is 0.294. The Kier molecular flexibility index (Phi) is 2.71. The molecule has 1 N–H and O–H groups in total. The van der Waals surface area contributed by atoms with E-state index in [1.807, 2.05) is 30.3 Å². The first-order valence-electron chi connectivity index (χ1n) is 6.61. The molecular formula is C17H18O. The van der Waals surface area contributed by atoms with Gasteiger partial charge in [0.2, 0.25) is 0 Å². The minimum Gasteiger partial charge on any atom is -0.384 e. The van der Waals surface area contributed by atoms with E-state index in [-0.39, 0.29) is 5.92 Å². The first-order chi connectivity index (χ1) is 8.75. The molecule has 18 heavy (non-hydrogen) atoms. The summed E-state index contributed by atoms with van der Waals surface area (Å²) in [4.78, 5) is 0. The summed E-state index contributed by atoms with van der Waals surface area (Å²) < 4.78 is 0. The number of benzene rings is 2. The van der Waals surface area contributed by atoms with Crippen LogP contribution >= 0.6 is 0 Å². The van der Waals surface area contributed by atoms with Gasteiger partial charge in [0, 0.05) is 12.3 Å². The molecule has 2 atom stereocenters. The first-order valence-corrected chi connectivity index (χ1v) is 6.61. The van der Waals surface area contributed by atoms with Crippen LogP contribution in [0.2, 0.25) is 0 Å². The highest BCUT2D eigenvalue weighted by Gasteiger charge is 2.44. The quantitative estimate of drug-likeness (QED) is 0.847. The largest absolute Gasteiger partial charge is 0.384 e. The molecule has 2 aromatic carbocycles. The van der Waals surface area contributed by atoms with E-state index >= 15 is 0 Å². The molecule has 0 fully saturated rings. The Hall–Kier alpha value is -1.60. The third kappa shape index (κ3) is 1.58. The molecule has 0 spiro atoms. The second-order valence-corrected chi connectivity index (χ2v) is 5.13. The Morgan fingerprint density at radius 3 is 2.44 bits per heavy atom. The maximum atomic E-state index is 11.1. The lowest BCUT2D eigenvalue weighted by Gasteiger charge is -2.30. The number of fused-ring (bicyclic) bond motifs is 1. The van der Waals surface area contributed by atoms with Gasteiger partial charge in [0.15, 0.2) is 0 Å². The highest BCUT2D eigenvalue weighted by molar-refractivity contribution is 5.43. The Labute approximate surface area is 108 Å². The van der Waals surface area contributed by atoms with E-state index in [4.69, 9.17) is 0 Å². The van der Waals surface area contributed by atoms with Gasteiger partial charge in [0.05, 0.1) is 0 Å². The summed E-state index contributed by atoms with van der Waals surface area (Å²) in [5, 5.41) is 11.1. The van der Waals surface area contributed by atoms with Crippen molar-refractivity contribution in [3.05, 3.63) is 71.3 Å². The molecule has 0 aliphatic heterocycles. The van der Waals surface area contributed by atoms with Crippen molar-refractivity contribution in [3.8, 4) is 0 Å². The molecule has 2 aromatic rings. The molecule has 0 aromatic heterocycles. The molecule has 0 saturated heterocycles. The molecule has 1 aliphatic carbocycles. The lowest BCUT2D eigenvalue weighted by atomic mass is 9.80. The SMILES string of the molecule is CC[C@@H]1c2ccccc2C[C@]1(O)c1ccccc1. The summed E-state index contributed by atoms with van der Waals surface area (Å²) in [6.07, 6.45) is 1.69. The van der Waals surface area contributed by atoms with Gasteiger partial charge < -0.3 is 5.11 Å². The zero-order chi connectivity index (χ0) is 12.6. The Bertz CT molecular complexity index is 547. The summed E-state index contributed by atoms with van der Waals surface area (Å²) in [6, 6.07) is 18.5. The van der Waals surface area contributed by atoms with Gasteiger partial charge in [-0.3, -0.25) is 0 Å². The van der Waals surface area contributed by atoms with Crippen LogP contribution in [-0.2, 0) is 12.0 Å². The van der Waals surface area contributed by atoms with Crippen LogP contribution in [0.25, 0.3) is 0 Å². The van der Waals surface area contributed by atoms with E-state index in [2.05, 4.69) is 31.2 Å². The molecule has 0 heterocycles. The first kappa shape index (κ1) is 11.5. The van der Waals surface area contributed by atoms with Crippen molar-refractivity contribution in [2.75, 3.05) is 0 Å². The molecule has 0 amide bonds. The minimum atomic E-state index is -0.736. The molecule has 0 saturated carbocycles. The molecule has 1 aliphatic rings. The number of hydrogen-bond acceptors (Lipinski definition) is 1. The van der Waals surface area contributed by atoms with Crippen molar-refractivity contribution in [1.29, 1.82) is 0 Å². The van der Waals surface area contributed by atoms with Crippen LogP contribution in [0.1, 0.15) is 36.0 Å². The van der Waals surface area contributed by atoms with Gasteiger partial charge in [0.25, 0.3) is 0 Å². The highest BCUT2D eigenvalue weighted by atomic mass is 16.3. The molecule has 92 valence electrons. The van der Waals surface area contributed by atoms with Crippen LogP contribution in [0.3, 0.4) is 0 Å². The maximum Gasteiger partial charge on any atom is 0.100 e. The normalized spacial score (nSPS) is 26.0. The smallest absolute Gasteiger partial charge is 0.100 e. The standard InChI is InChI=1S/C17H18O/c1-2-16-15-11-7-6-8-13(15)12-17(16,18)14-9-4-3-5-10-14/h3-11,16,18H,2,12H2,1H3/t16-,17+/m1/s1. The molecule has 1 nitrogen and oxygen atoms in total.